The van der Waals surface area contributed by atoms with Crippen molar-refractivity contribution in [3.8, 4) is 0 Å². The van der Waals surface area contributed by atoms with Gasteiger partial charge in [0.1, 0.15) is 5.82 Å². The van der Waals surface area contributed by atoms with E-state index in [1.165, 1.54) is 17.7 Å². The summed E-state index contributed by atoms with van der Waals surface area (Å²) in [5.41, 5.74) is 3.12. The highest BCUT2D eigenvalue weighted by Crippen LogP contribution is 2.23. The van der Waals surface area contributed by atoms with Crippen LogP contribution in [0.15, 0.2) is 48.5 Å². The Morgan fingerprint density at radius 2 is 1.67 bits per heavy atom. The van der Waals surface area contributed by atoms with Crippen LogP contribution in [0.3, 0.4) is 0 Å². The third-order valence-corrected chi connectivity index (χ3v) is 5.47. The molecule has 0 saturated carbocycles. The van der Waals surface area contributed by atoms with Crippen LogP contribution in [0.2, 0.25) is 0 Å². The van der Waals surface area contributed by atoms with E-state index in [-0.39, 0.29) is 30.0 Å². The van der Waals surface area contributed by atoms with E-state index in [1.54, 1.807) is 21.9 Å². The van der Waals surface area contributed by atoms with E-state index in [4.69, 9.17) is 0 Å². The van der Waals surface area contributed by atoms with Crippen LogP contribution < -0.4 is 0 Å². The second kappa shape index (κ2) is 9.85. The van der Waals surface area contributed by atoms with Crippen LogP contribution in [0, 0.1) is 18.7 Å². The van der Waals surface area contributed by atoms with Gasteiger partial charge in [-0.2, -0.15) is 0 Å². The molecule has 160 valence electrons. The standard InChI is InChI=1S/C24H30FN3O2/c1-18-4-6-19(7-5-18)16-28-17-21(14-23(28)29)24(30)27(13-12-26(2)3)15-20-8-10-22(25)11-9-20/h4-11,21H,12-17H2,1-3H3. The number of aryl methyl sites for hydroxylation is 1. The molecule has 6 heteroatoms. The minimum atomic E-state index is -0.342. The van der Waals surface area contributed by atoms with Crippen molar-refractivity contribution in [3.63, 3.8) is 0 Å². The topological polar surface area (TPSA) is 43.9 Å². The molecule has 1 heterocycles. The molecule has 1 unspecified atom stereocenters. The Morgan fingerprint density at radius 1 is 1.03 bits per heavy atom. The summed E-state index contributed by atoms with van der Waals surface area (Å²) >= 11 is 0. The summed E-state index contributed by atoms with van der Waals surface area (Å²) in [6.45, 7) is 4.69. The summed E-state index contributed by atoms with van der Waals surface area (Å²) < 4.78 is 13.2. The number of likely N-dealkylation sites (tertiary alicyclic amines) is 1. The molecule has 5 nitrogen and oxygen atoms in total. The zero-order chi connectivity index (χ0) is 21.7. The van der Waals surface area contributed by atoms with E-state index in [9.17, 15) is 14.0 Å². The van der Waals surface area contributed by atoms with Crippen molar-refractivity contribution in [2.75, 3.05) is 33.7 Å². The number of hydrogen-bond acceptors (Lipinski definition) is 3. The maximum atomic E-state index is 13.3. The third kappa shape index (κ3) is 5.89. The minimum Gasteiger partial charge on any atom is -0.338 e. The zero-order valence-electron chi connectivity index (χ0n) is 18.0. The molecule has 1 aliphatic heterocycles. The van der Waals surface area contributed by atoms with Crippen molar-refractivity contribution in [1.29, 1.82) is 0 Å². The molecule has 0 radical (unpaired) electrons. The van der Waals surface area contributed by atoms with Crippen LogP contribution in [0.4, 0.5) is 4.39 Å². The Kier molecular flexibility index (Phi) is 7.21. The molecule has 1 atom stereocenters. The number of carbonyl (C=O) groups excluding carboxylic acids is 2. The third-order valence-electron chi connectivity index (χ3n) is 5.47. The van der Waals surface area contributed by atoms with Crippen molar-refractivity contribution in [1.82, 2.24) is 14.7 Å². The van der Waals surface area contributed by atoms with Crippen LogP contribution in [-0.4, -0.2) is 60.2 Å². The largest absolute Gasteiger partial charge is 0.338 e. The first kappa shape index (κ1) is 22.0. The van der Waals surface area contributed by atoms with Crippen LogP contribution >= 0.6 is 0 Å². The first-order valence-corrected chi connectivity index (χ1v) is 10.3. The molecule has 0 bridgehead atoms. The lowest BCUT2D eigenvalue weighted by Crippen LogP contribution is -2.40. The van der Waals surface area contributed by atoms with Crippen LogP contribution in [0.25, 0.3) is 0 Å². The molecule has 0 N–H and O–H groups in total. The summed E-state index contributed by atoms with van der Waals surface area (Å²) in [5, 5.41) is 0. The molecule has 0 spiro atoms. The maximum absolute atomic E-state index is 13.3. The van der Waals surface area contributed by atoms with E-state index < -0.39 is 0 Å². The second-order valence-corrected chi connectivity index (χ2v) is 8.35. The Hall–Kier alpha value is -2.73. The molecular formula is C24H30FN3O2. The van der Waals surface area contributed by atoms with Gasteiger partial charge in [0, 0.05) is 39.1 Å². The van der Waals surface area contributed by atoms with Gasteiger partial charge in [0.15, 0.2) is 0 Å². The van der Waals surface area contributed by atoms with E-state index in [1.807, 2.05) is 50.2 Å². The Labute approximate surface area is 178 Å². The monoisotopic (exact) mass is 411 g/mol. The molecule has 2 aromatic rings. The predicted molar refractivity (Wildman–Crippen MR) is 115 cm³/mol. The van der Waals surface area contributed by atoms with Crippen LogP contribution in [0.1, 0.15) is 23.1 Å². The van der Waals surface area contributed by atoms with Crippen LogP contribution in [0.5, 0.6) is 0 Å². The van der Waals surface area contributed by atoms with E-state index in [0.29, 0.717) is 26.2 Å². The lowest BCUT2D eigenvalue weighted by molar-refractivity contribution is -0.136. The zero-order valence-corrected chi connectivity index (χ0v) is 18.0. The average Bonchev–Trinajstić information content (AvgIpc) is 3.08. The fourth-order valence-electron chi connectivity index (χ4n) is 3.66. The molecule has 2 amide bonds. The summed E-state index contributed by atoms with van der Waals surface area (Å²) in [6.07, 6.45) is 0.243. The number of benzene rings is 2. The van der Waals surface area contributed by atoms with E-state index in [0.717, 1.165) is 17.7 Å². The molecule has 0 aliphatic carbocycles. The lowest BCUT2D eigenvalue weighted by atomic mass is 10.1. The lowest BCUT2D eigenvalue weighted by Gasteiger charge is -2.27. The first-order valence-electron chi connectivity index (χ1n) is 10.3. The van der Waals surface area contributed by atoms with Gasteiger partial charge in [-0.1, -0.05) is 42.0 Å². The number of nitrogens with zero attached hydrogens (tertiary/aromatic N) is 3. The summed E-state index contributed by atoms with van der Waals surface area (Å²) in [6, 6.07) is 14.3. The molecule has 2 aromatic carbocycles. The Balaban J connectivity index is 1.67. The quantitative estimate of drug-likeness (QED) is 0.671. The van der Waals surface area contributed by atoms with Crippen LogP contribution in [-0.2, 0) is 22.7 Å². The fraction of sp³-hybridized carbons (Fsp3) is 0.417. The number of hydrogen-bond donors (Lipinski definition) is 0. The van der Waals surface area contributed by atoms with Crippen molar-refractivity contribution in [3.05, 3.63) is 71.0 Å². The van der Waals surface area contributed by atoms with Crippen molar-refractivity contribution in [2.45, 2.75) is 26.4 Å². The number of likely N-dealkylation sites (N-methyl/N-ethyl adjacent to an activating group) is 1. The minimum absolute atomic E-state index is 0.0130. The number of rotatable bonds is 8. The SMILES string of the molecule is Cc1ccc(CN2CC(C(=O)N(CCN(C)C)Cc3ccc(F)cc3)CC2=O)cc1. The second-order valence-electron chi connectivity index (χ2n) is 8.35. The Morgan fingerprint density at radius 3 is 2.30 bits per heavy atom. The number of carbonyl (C=O) groups is 2. The maximum Gasteiger partial charge on any atom is 0.228 e. The molecule has 1 saturated heterocycles. The van der Waals surface area contributed by atoms with Gasteiger partial charge in [-0.05, 0) is 44.3 Å². The van der Waals surface area contributed by atoms with Gasteiger partial charge >= 0.3 is 0 Å². The predicted octanol–water partition coefficient (Wildman–Crippen LogP) is 3.07. The normalized spacial score (nSPS) is 16.4. The summed E-state index contributed by atoms with van der Waals surface area (Å²) in [7, 11) is 3.92. The fourth-order valence-corrected chi connectivity index (χ4v) is 3.66. The summed E-state index contributed by atoms with van der Waals surface area (Å²) in [5.74, 6) is -0.632. The van der Waals surface area contributed by atoms with Crippen molar-refractivity contribution >= 4 is 11.8 Å². The van der Waals surface area contributed by atoms with Gasteiger partial charge in [-0.3, -0.25) is 9.59 Å². The van der Waals surface area contributed by atoms with Gasteiger partial charge < -0.3 is 14.7 Å². The van der Waals surface area contributed by atoms with Gasteiger partial charge in [0.25, 0.3) is 0 Å². The van der Waals surface area contributed by atoms with Gasteiger partial charge in [0.05, 0.1) is 5.92 Å². The summed E-state index contributed by atoms with van der Waals surface area (Å²) in [4.78, 5) is 31.4. The van der Waals surface area contributed by atoms with Gasteiger partial charge in [-0.25, -0.2) is 4.39 Å². The smallest absolute Gasteiger partial charge is 0.228 e. The molecule has 1 fully saturated rings. The highest BCUT2D eigenvalue weighted by atomic mass is 19.1. The Bertz CT molecular complexity index is 865. The van der Waals surface area contributed by atoms with Gasteiger partial charge in [0.2, 0.25) is 11.8 Å². The van der Waals surface area contributed by atoms with Crippen molar-refractivity contribution < 1.29 is 14.0 Å². The molecule has 3 rings (SSSR count). The van der Waals surface area contributed by atoms with Gasteiger partial charge in [-0.15, -0.1) is 0 Å². The van der Waals surface area contributed by atoms with E-state index in [2.05, 4.69) is 0 Å². The molecule has 30 heavy (non-hydrogen) atoms. The average molecular weight is 412 g/mol. The number of amides is 2. The first-order chi connectivity index (χ1) is 14.3. The number of halogens is 1. The molecular weight excluding hydrogens is 381 g/mol. The molecule has 1 aliphatic rings. The highest BCUT2D eigenvalue weighted by molar-refractivity contribution is 5.89. The van der Waals surface area contributed by atoms with E-state index >= 15 is 0 Å². The molecule has 0 aromatic heterocycles. The van der Waals surface area contributed by atoms with Crippen molar-refractivity contribution in [2.24, 2.45) is 5.92 Å². The highest BCUT2D eigenvalue weighted by Gasteiger charge is 2.36.